The standard InChI is InChI=1S/C20H20N2O4/c1-13-16(20(23)22(21-13)15-8-6-5-7-9-15)10-14-11-18(25-3)19(26-4)12-17(14)24-2/h5-12H,1-4H3/b16-10-. The summed E-state index contributed by atoms with van der Waals surface area (Å²) in [6.45, 7) is 1.81. The molecule has 0 radical (unpaired) electrons. The highest BCUT2D eigenvalue weighted by Gasteiger charge is 2.29. The van der Waals surface area contributed by atoms with Crippen molar-refractivity contribution in [2.45, 2.75) is 6.92 Å². The summed E-state index contributed by atoms with van der Waals surface area (Å²) in [5.41, 5.74) is 2.56. The van der Waals surface area contributed by atoms with Crippen LogP contribution in [0.2, 0.25) is 0 Å². The van der Waals surface area contributed by atoms with Gasteiger partial charge in [0.2, 0.25) is 0 Å². The quantitative estimate of drug-likeness (QED) is 0.773. The smallest absolute Gasteiger partial charge is 0.280 e. The molecule has 0 aliphatic carbocycles. The summed E-state index contributed by atoms with van der Waals surface area (Å²) in [5, 5.41) is 5.78. The van der Waals surface area contributed by atoms with Crippen LogP contribution in [0.1, 0.15) is 12.5 Å². The molecule has 0 saturated carbocycles. The zero-order chi connectivity index (χ0) is 18.7. The maximum Gasteiger partial charge on any atom is 0.280 e. The molecule has 6 heteroatoms. The second kappa shape index (κ2) is 7.31. The molecule has 0 unspecified atom stereocenters. The number of ether oxygens (including phenoxy) is 3. The van der Waals surface area contributed by atoms with Gasteiger partial charge in [0.15, 0.2) is 11.5 Å². The number of para-hydroxylation sites is 1. The van der Waals surface area contributed by atoms with Crippen molar-refractivity contribution in [3.8, 4) is 17.2 Å². The number of hydrogen-bond acceptors (Lipinski definition) is 5. The Labute approximate surface area is 152 Å². The van der Waals surface area contributed by atoms with Crippen molar-refractivity contribution in [2.24, 2.45) is 5.10 Å². The Morgan fingerprint density at radius 2 is 1.54 bits per heavy atom. The van der Waals surface area contributed by atoms with E-state index in [9.17, 15) is 4.79 Å². The molecule has 6 nitrogen and oxygen atoms in total. The Balaban J connectivity index is 2.03. The largest absolute Gasteiger partial charge is 0.496 e. The number of nitrogens with zero attached hydrogens (tertiary/aromatic N) is 2. The third kappa shape index (κ3) is 3.13. The SMILES string of the molecule is COc1cc(OC)c(OC)cc1/C=C1\C(=O)N(c2ccccc2)N=C1C. The molecule has 0 saturated heterocycles. The van der Waals surface area contributed by atoms with Gasteiger partial charge >= 0.3 is 0 Å². The highest BCUT2D eigenvalue weighted by atomic mass is 16.5. The lowest BCUT2D eigenvalue weighted by Gasteiger charge is -2.13. The van der Waals surface area contributed by atoms with E-state index >= 15 is 0 Å². The van der Waals surface area contributed by atoms with Gasteiger partial charge in [-0.3, -0.25) is 4.79 Å². The molecule has 0 atom stereocenters. The average molecular weight is 352 g/mol. The lowest BCUT2D eigenvalue weighted by Crippen LogP contribution is -2.21. The first kappa shape index (κ1) is 17.5. The Bertz CT molecular complexity index is 888. The van der Waals surface area contributed by atoms with Gasteiger partial charge in [0.25, 0.3) is 5.91 Å². The molecule has 0 bridgehead atoms. The van der Waals surface area contributed by atoms with Crippen molar-refractivity contribution in [2.75, 3.05) is 26.3 Å². The Morgan fingerprint density at radius 1 is 0.923 bits per heavy atom. The van der Waals surface area contributed by atoms with Gasteiger partial charge in [-0.25, -0.2) is 0 Å². The maximum absolute atomic E-state index is 12.8. The second-order valence-electron chi connectivity index (χ2n) is 5.65. The van der Waals surface area contributed by atoms with Crippen LogP contribution in [-0.2, 0) is 4.79 Å². The van der Waals surface area contributed by atoms with E-state index < -0.39 is 0 Å². The molecule has 1 heterocycles. The summed E-state index contributed by atoms with van der Waals surface area (Å²) in [7, 11) is 4.69. The molecular formula is C20H20N2O4. The summed E-state index contributed by atoms with van der Waals surface area (Å²) in [6, 6.07) is 12.8. The predicted octanol–water partition coefficient (Wildman–Crippen LogP) is 3.52. The summed E-state index contributed by atoms with van der Waals surface area (Å²) >= 11 is 0. The predicted molar refractivity (Wildman–Crippen MR) is 101 cm³/mol. The molecule has 2 aromatic carbocycles. The van der Waals surface area contributed by atoms with E-state index in [1.165, 1.54) is 5.01 Å². The molecule has 2 aromatic rings. The van der Waals surface area contributed by atoms with E-state index in [0.29, 0.717) is 34.1 Å². The van der Waals surface area contributed by atoms with Gasteiger partial charge < -0.3 is 14.2 Å². The van der Waals surface area contributed by atoms with Crippen molar-refractivity contribution >= 4 is 23.4 Å². The van der Waals surface area contributed by atoms with Crippen LogP contribution in [0.4, 0.5) is 5.69 Å². The lowest BCUT2D eigenvalue weighted by molar-refractivity contribution is -0.114. The van der Waals surface area contributed by atoms with Gasteiger partial charge in [0.1, 0.15) is 5.75 Å². The fourth-order valence-corrected chi connectivity index (χ4v) is 2.75. The third-order valence-electron chi connectivity index (χ3n) is 4.10. The van der Waals surface area contributed by atoms with Crippen molar-refractivity contribution in [3.63, 3.8) is 0 Å². The van der Waals surface area contributed by atoms with E-state index in [-0.39, 0.29) is 5.91 Å². The van der Waals surface area contributed by atoms with Crippen LogP contribution in [0.5, 0.6) is 17.2 Å². The molecule has 1 aliphatic heterocycles. The number of benzene rings is 2. The number of carbonyl (C=O) groups is 1. The minimum absolute atomic E-state index is 0.189. The maximum atomic E-state index is 12.8. The molecule has 26 heavy (non-hydrogen) atoms. The van der Waals surface area contributed by atoms with Crippen molar-refractivity contribution < 1.29 is 19.0 Å². The number of methoxy groups -OCH3 is 3. The Kier molecular flexibility index (Phi) is 4.93. The van der Waals surface area contributed by atoms with Gasteiger partial charge in [0.05, 0.1) is 38.3 Å². The van der Waals surface area contributed by atoms with E-state index in [4.69, 9.17) is 14.2 Å². The minimum Gasteiger partial charge on any atom is -0.496 e. The van der Waals surface area contributed by atoms with Gasteiger partial charge in [-0.15, -0.1) is 0 Å². The lowest BCUT2D eigenvalue weighted by atomic mass is 10.1. The van der Waals surface area contributed by atoms with Crippen LogP contribution in [0.15, 0.2) is 53.1 Å². The molecule has 134 valence electrons. The highest BCUT2D eigenvalue weighted by Crippen LogP contribution is 2.36. The number of amides is 1. The third-order valence-corrected chi connectivity index (χ3v) is 4.10. The zero-order valence-electron chi connectivity index (χ0n) is 15.1. The van der Waals surface area contributed by atoms with E-state index in [1.54, 1.807) is 46.5 Å². The van der Waals surface area contributed by atoms with Crippen molar-refractivity contribution in [1.82, 2.24) is 0 Å². The first-order valence-corrected chi connectivity index (χ1v) is 8.05. The number of rotatable bonds is 5. The highest BCUT2D eigenvalue weighted by molar-refractivity contribution is 6.32. The number of carbonyl (C=O) groups excluding carboxylic acids is 1. The van der Waals surface area contributed by atoms with Crippen LogP contribution < -0.4 is 19.2 Å². The first-order valence-electron chi connectivity index (χ1n) is 8.05. The van der Waals surface area contributed by atoms with E-state index in [0.717, 1.165) is 5.69 Å². The summed E-state index contributed by atoms with van der Waals surface area (Å²) in [5.74, 6) is 1.50. The average Bonchev–Trinajstić information content (AvgIpc) is 2.96. The van der Waals surface area contributed by atoms with Crippen LogP contribution in [0, 0.1) is 0 Å². The van der Waals surface area contributed by atoms with Gasteiger partial charge in [-0.1, -0.05) is 18.2 Å². The monoisotopic (exact) mass is 352 g/mol. The molecule has 3 rings (SSSR count). The molecule has 0 N–H and O–H groups in total. The minimum atomic E-state index is -0.189. The summed E-state index contributed by atoms with van der Waals surface area (Å²) < 4.78 is 16.1. The summed E-state index contributed by atoms with van der Waals surface area (Å²) in [6.07, 6.45) is 1.75. The topological polar surface area (TPSA) is 60.4 Å². The first-order chi connectivity index (χ1) is 12.6. The fraction of sp³-hybridized carbons (Fsp3) is 0.200. The summed E-state index contributed by atoms with van der Waals surface area (Å²) in [4.78, 5) is 12.8. The van der Waals surface area contributed by atoms with E-state index in [2.05, 4.69) is 5.10 Å². The normalized spacial score (nSPS) is 15.2. The van der Waals surface area contributed by atoms with Crippen LogP contribution in [0.25, 0.3) is 6.08 Å². The molecule has 0 aromatic heterocycles. The zero-order valence-corrected chi connectivity index (χ0v) is 15.1. The molecule has 1 aliphatic rings. The van der Waals surface area contributed by atoms with Crippen molar-refractivity contribution in [1.29, 1.82) is 0 Å². The Hall–Kier alpha value is -3.28. The molecular weight excluding hydrogens is 332 g/mol. The van der Waals surface area contributed by atoms with Crippen LogP contribution in [-0.4, -0.2) is 32.9 Å². The number of anilines is 1. The number of hydrazone groups is 1. The van der Waals surface area contributed by atoms with Gasteiger partial charge in [0, 0.05) is 11.6 Å². The van der Waals surface area contributed by atoms with Crippen molar-refractivity contribution in [3.05, 3.63) is 53.6 Å². The number of hydrogen-bond donors (Lipinski definition) is 0. The Morgan fingerprint density at radius 3 is 2.15 bits per heavy atom. The van der Waals surface area contributed by atoms with Crippen LogP contribution >= 0.6 is 0 Å². The fourth-order valence-electron chi connectivity index (χ4n) is 2.75. The van der Waals surface area contributed by atoms with Gasteiger partial charge in [-0.2, -0.15) is 10.1 Å². The van der Waals surface area contributed by atoms with Crippen LogP contribution in [0.3, 0.4) is 0 Å². The van der Waals surface area contributed by atoms with E-state index in [1.807, 2.05) is 30.3 Å². The molecule has 1 amide bonds. The second-order valence-corrected chi connectivity index (χ2v) is 5.65. The van der Waals surface area contributed by atoms with Gasteiger partial charge in [-0.05, 0) is 31.2 Å². The molecule has 0 fully saturated rings. The molecule has 0 spiro atoms.